The monoisotopic (exact) mass is 212 g/mol. The Morgan fingerprint density at radius 2 is 2.07 bits per heavy atom. The predicted octanol–water partition coefficient (Wildman–Crippen LogP) is -0.376. The lowest BCUT2D eigenvalue weighted by Gasteiger charge is -2.46. The van der Waals surface area contributed by atoms with Gasteiger partial charge in [-0.25, -0.2) is 0 Å². The molecule has 0 bridgehead atoms. The van der Waals surface area contributed by atoms with Crippen LogP contribution in [0.25, 0.3) is 0 Å². The summed E-state index contributed by atoms with van der Waals surface area (Å²) in [6, 6.07) is 0.240. The van der Waals surface area contributed by atoms with Gasteiger partial charge >= 0.3 is 5.97 Å². The van der Waals surface area contributed by atoms with Crippen LogP contribution in [0.5, 0.6) is 0 Å². The fourth-order valence-corrected chi connectivity index (χ4v) is 2.29. The van der Waals surface area contributed by atoms with Crippen LogP contribution in [0.1, 0.15) is 12.8 Å². The van der Waals surface area contributed by atoms with Gasteiger partial charge in [-0.3, -0.25) is 9.59 Å². The number of aliphatic carboxylic acids is 1. The minimum atomic E-state index is -0.778. The molecule has 2 saturated heterocycles. The second-order valence-electron chi connectivity index (χ2n) is 4.49. The molecule has 0 aromatic carbocycles. The molecular formula is C10H16N2O3. The van der Waals surface area contributed by atoms with Crippen LogP contribution in [0, 0.1) is 5.92 Å². The SMILES string of the molecule is CN1CC(N2CC(C(=O)O)CCC2=O)C1. The maximum absolute atomic E-state index is 11.6. The van der Waals surface area contributed by atoms with E-state index < -0.39 is 5.97 Å². The molecule has 0 radical (unpaired) electrons. The number of nitrogens with zero attached hydrogens (tertiary/aromatic N) is 2. The van der Waals surface area contributed by atoms with Crippen molar-refractivity contribution >= 4 is 11.9 Å². The number of likely N-dealkylation sites (N-methyl/N-ethyl adjacent to an activating group) is 1. The fourth-order valence-electron chi connectivity index (χ4n) is 2.29. The lowest BCUT2D eigenvalue weighted by atomic mass is 9.94. The lowest BCUT2D eigenvalue weighted by Crippen LogP contribution is -2.61. The number of likely N-dealkylation sites (tertiary alicyclic amines) is 2. The summed E-state index contributed by atoms with van der Waals surface area (Å²) in [5.74, 6) is -1.03. The lowest BCUT2D eigenvalue weighted by molar-refractivity contribution is -0.150. The average Bonchev–Trinajstić information content (AvgIpc) is 2.14. The quantitative estimate of drug-likeness (QED) is 0.678. The first-order chi connectivity index (χ1) is 7.08. The van der Waals surface area contributed by atoms with Crippen molar-refractivity contribution in [2.45, 2.75) is 18.9 Å². The summed E-state index contributed by atoms with van der Waals surface area (Å²) >= 11 is 0. The molecular weight excluding hydrogens is 196 g/mol. The van der Waals surface area contributed by atoms with Crippen molar-refractivity contribution in [3.05, 3.63) is 0 Å². The zero-order valence-electron chi connectivity index (χ0n) is 8.85. The zero-order chi connectivity index (χ0) is 11.0. The number of carbonyl (C=O) groups is 2. The molecule has 2 rings (SSSR count). The Hall–Kier alpha value is -1.10. The molecule has 0 aromatic rings. The summed E-state index contributed by atoms with van der Waals surface area (Å²) in [7, 11) is 2.00. The number of piperidine rings is 1. The third-order valence-electron chi connectivity index (χ3n) is 3.28. The van der Waals surface area contributed by atoms with Crippen LogP contribution in [0.15, 0.2) is 0 Å². The number of amides is 1. The smallest absolute Gasteiger partial charge is 0.308 e. The largest absolute Gasteiger partial charge is 0.481 e. The topological polar surface area (TPSA) is 60.9 Å². The van der Waals surface area contributed by atoms with E-state index in [2.05, 4.69) is 4.90 Å². The van der Waals surface area contributed by atoms with Crippen LogP contribution in [0.2, 0.25) is 0 Å². The van der Waals surface area contributed by atoms with Gasteiger partial charge in [0, 0.05) is 26.1 Å². The molecule has 1 atom stereocenters. The highest BCUT2D eigenvalue weighted by Crippen LogP contribution is 2.23. The standard InChI is InChI=1S/C10H16N2O3/c1-11-5-8(6-11)12-4-7(10(14)15)2-3-9(12)13/h7-8H,2-6H2,1H3,(H,14,15). The van der Waals surface area contributed by atoms with Crippen molar-refractivity contribution in [3.63, 3.8) is 0 Å². The van der Waals surface area contributed by atoms with E-state index in [9.17, 15) is 9.59 Å². The van der Waals surface area contributed by atoms with Crippen LogP contribution in [-0.2, 0) is 9.59 Å². The van der Waals surface area contributed by atoms with Gasteiger partial charge in [0.15, 0.2) is 0 Å². The van der Waals surface area contributed by atoms with Crippen molar-refractivity contribution in [3.8, 4) is 0 Å². The van der Waals surface area contributed by atoms with Crippen molar-refractivity contribution in [1.29, 1.82) is 0 Å². The molecule has 2 heterocycles. The van der Waals surface area contributed by atoms with Gasteiger partial charge in [-0.2, -0.15) is 0 Å². The molecule has 2 aliphatic rings. The summed E-state index contributed by atoms with van der Waals surface area (Å²) in [6.45, 7) is 2.14. The summed E-state index contributed by atoms with van der Waals surface area (Å²) in [5, 5.41) is 8.92. The van der Waals surface area contributed by atoms with Crippen LogP contribution in [-0.4, -0.2) is 59.5 Å². The highest BCUT2D eigenvalue weighted by atomic mass is 16.4. The first-order valence-corrected chi connectivity index (χ1v) is 5.28. The number of hydrogen-bond acceptors (Lipinski definition) is 3. The molecule has 2 fully saturated rings. The van der Waals surface area contributed by atoms with Crippen LogP contribution >= 0.6 is 0 Å². The van der Waals surface area contributed by atoms with Gasteiger partial charge in [0.2, 0.25) is 5.91 Å². The van der Waals surface area contributed by atoms with Crippen LogP contribution < -0.4 is 0 Å². The van der Waals surface area contributed by atoms with Gasteiger partial charge in [-0.15, -0.1) is 0 Å². The summed E-state index contributed by atoms with van der Waals surface area (Å²) in [6.07, 6.45) is 0.879. The second kappa shape index (κ2) is 3.81. The third-order valence-corrected chi connectivity index (χ3v) is 3.28. The Balaban J connectivity index is 1.96. The highest BCUT2D eigenvalue weighted by molar-refractivity contribution is 5.80. The molecule has 1 amide bonds. The second-order valence-corrected chi connectivity index (χ2v) is 4.49. The van der Waals surface area contributed by atoms with Crippen molar-refractivity contribution < 1.29 is 14.7 Å². The Kier molecular flexibility index (Phi) is 2.65. The number of carboxylic acid groups (broad SMARTS) is 1. The molecule has 0 aromatic heterocycles. The molecule has 5 heteroatoms. The molecule has 1 N–H and O–H groups in total. The van der Waals surface area contributed by atoms with E-state index in [1.807, 2.05) is 7.05 Å². The van der Waals surface area contributed by atoms with Gasteiger partial charge in [0.25, 0.3) is 0 Å². The maximum atomic E-state index is 11.6. The van der Waals surface area contributed by atoms with Crippen LogP contribution in [0.4, 0.5) is 0 Å². The molecule has 2 aliphatic heterocycles. The van der Waals surface area contributed by atoms with E-state index in [-0.39, 0.29) is 17.9 Å². The first kappa shape index (κ1) is 10.4. The number of carboxylic acids is 1. The van der Waals surface area contributed by atoms with E-state index in [4.69, 9.17) is 5.11 Å². The van der Waals surface area contributed by atoms with Gasteiger partial charge in [0.05, 0.1) is 12.0 Å². The maximum Gasteiger partial charge on any atom is 0.308 e. The van der Waals surface area contributed by atoms with E-state index >= 15 is 0 Å². The Labute approximate surface area is 88.6 Å². The average molecular weight is 212 g/mol. The number of hydrogen-bond donors (Lipinski definition) is 1. The normalized spacial score (nSPS) is 29.0. The predicted molar refractivity (Wildman–Crippen MR) is 53.4 cm³/mol. The van der Waals surface area contributed by atoms with E-state index in [1.54, 1.807) is 4.90 Å². The zero-order valence-corrected chi connectivity index (χ0v) is 8.85. The molecule has 0 aliphatic carbocycles. The van der Waals surface area contributed by atoms with E-state index in [0.29, 0.717) is 19.4 Å². The molecule has 5 nitrogen and oxygen atoms in total. The highest BCUT2D eigenvalue weighted by Gasteiger charge is 2.38. The summed E-state index contributed by atoms with van der Waals surface area (Å²) in [4.78, 5) is 26.3. The molecule has 0 spiro atoms. The van der Waals surface area contributed by atoms with Crippen molar-refractivity contribution in [1.82, 2.24) is 9.80 Å². The van der Waals surface area contributed by atoms with Gasteiger partial charge in [0.1, 0.15) is 0 Å². The van der Waals surface area contributed by atoms with Gasteiger partial charge in [-0.05, 0) is 13.5 Å². The molecule has 15 heavy (non-hydrogen) atoms. The number of rotatable bonds is 2. The van der Waals surface area contributed by atoms with E-state index in [0.717, 1.165) is 13.1 Å². The number of carbonyl (C=O) groups excluding carboxylic acids is 1. The Morgan fingerprint density at radius 3 is 2.60 bits per heavy atom. The fraction of sp³-hybridized carbons (Fsp3) is 0.800. The summed E-state index contributed by atoms with van der Waals surface area (Å²) < 4.78 is 0. The van der Waals surface area contributed by atoms with Crippen LogP contribution in [0.3, 0.4) is 0 Å². The van der Waals surface area contributed by atoms with Crippen molar-refractivity contribution in [2.24, 2.45) is 5.92 Å². The molecule has 1 unspecified atom stereocenters. The van der Waals surface area contributed by atoms with Crippen molar-refractivity contribution in [2.75, 3.05) is 26.7 Å². The first-order valence-electron chi connectivity index (χ1n) is 5.28. The Bertz CT molecular complexity index is 286. The van der Waals surface area contributed by atoms with Gasteiger partial charge in [-0.1, -0.05) is 0 Å². The third kappa shape index (κ3) is 1.97. The van der Waals surface area contributed by atoms with E-state index in [1.165, 1.54) is 0 Å². The Morgan fingerprint density at radius 1 is 1.40 bits per heavy atom. The van der Waals surface area contributed by atoms with Gasteiger partial charge < -0.3 is 14.9 Å². The molecule has 84 valence electrons. The molecule has 0 saturated carbocycles. The minimum Gasteiger partial charge on any atom is -0.481 e. The minimum absolute atomic E-state index is 0.116. The summed E-state index contributed by atoms with van der Waals surface area (Å²) in [5.41, 5.74) is 0.